The zero-order chi connectivity index (χ0) is 22.2. The van der Waals surface area contributed by atoms with Crippen molar-refractivity contribution in [1.82, 2.24) is 10.2 Å². The number of hydrogen-bond donors (Lipinski definition) is 2. The van der Waals surface area contributed by atoms with E-state index in [2.05, 4.69) is 5.32 Å². The fraction of sp³-hybridized carbons (Fsp3) is 0.375. The molecule has 2 aromatic rings. The molecule has 2 aliphatic rings. The minimum Gasteiger partial charge on any atom is -0.486 e. The molecule has 2 amide bonds. The molecular weight excluding hydrogens is 396 g/mol. The average Bonchev–Trinajstić information content (AvgIpc) is 3.33. The van der Waals surface area contributed by atoms with Gasteiger partial charge in [0.2, 0.25) is 5.91 Å². The first kappa shape index (κ1) is 20.9. The Morgan fingerprint density at radius 3 is 2.45 bits per heavy atom. The van der Waals surface area contributed by atoms with Gasteiger partial charge in [0.25, 0.3) is 5.91 Å². The van der Waals surface area contributed by atoms with Gasteiger partial charge in [0.15, 0.2) is 0 Å². The maximum atomic E-state index is 12.6. The Labute approximate surface area is 181 Å². The molecule has 7 nitrogen and oxygen atoms in total. The monoisotopic (exact) mass is 422 g/mol. The summed E-state index contributed by atoms with van der Waals surface area (Å²) < 4.78 is 5.91. The second-order valence-electron chi connectivity index (χ2n) is 8.61. The van der Waals surface area contributed by atoms with E-state index in [0.29, 0.717) is 17.7 Å². The lowest BCUT2D eigenvalue weighted by Gasteiger charge is -2.24. The van der Waals surface area contributed by atoms with Crippen LogP contribution in [0.4, 0.5) is 0 Å². The molecule has 4 atom stereocenters. The van der Waals surface area contributed by atoms with Crippen LogP contribution in [0.3, 0.4) is 0 Å². The number of carboxylic acids is 1. The molecule has 0 spiro atoms. The number of carboxylic acid groups (broad SMARTS) is 1. The SMILES string of the molecule is CC(Oc1ccc(C(=O)NCC(=O)N2[C@H]3C[C@@]3(C)C[C@H]2C(=O)O)cc1)c1ccccc1. The molecule has 1 aliphatic carbocycles. The number of piperidine rings is 1. The minimum atomic E-state index is -0.992. The predicted molar refractivity (Wildman–Crippen MR) is 114 cm³/mol. The molecule has 2 N–H and O–H groups in total. The summed E-state index contributed by atoms with van der Waals surface area (Å²) in [6.45, 7) is 3.73. The van der Waals surface area contributed by atoms with Crippen LogP contribution in [0.25, 0.3) is 0 Å². The first-order valence-electron chi connectivity index (χ1n) is 10.4. The minimum absolute atomic E-state index is 0.0407. The molecule has 1 heterocycles. The van der Waals surface area contributed by atoms with Crippen molar-refractivity contribution in [2.75, 3.05) is 6.54 Å². The summed E-state index contributed by atoms with van der Waals surface area (Å²) in [5.74, 6) is -1.10. The van der Waals surface area contributed by atoms with E-state index in [1.807, 2.05) is 44.2 Å². The molecule has 0 bridgehead atoms. The van der Waals surface area contributed by atoms with Gasteiger partial charge in [0, 0.05) is 11.6 Å². The van der Waals surface area contributed by atoms with Crippen LogP contribution in [-0.4, -0.2) is 46.4 Å². The Bertz CT molecular complexity index is 991. The molecule has 1 saturated heterocycles. The molecule has 1 unspecified atom stereocenters. The van der Waals surface area contributed by atoms with Gasteiger partial charge in [-0.1, -0.05) is 37.3 Å². The van der Waals surface area contributed by atoms with E-state index in [4.69, 9.17) is 4.74 Å². The number of benzene rings is 2. The van der Waals surface area contributed by atoms with Gasteiger partial charge >= 0.3 is 5.97 Å². The summed E-state index contributed by atoms with van der Waals surface area (Å²) in [5.41, 5.74) is 1.35. The number of carbonyl (C=O) groups is 3. The first-order valence-corrected chi connectivity index (χ1v) is 10.4. The summed E-state index contributed by atoms with van der Waals surface area (Å²) in [6.07, 6.45) is 1.16. The Hall–Kier alpha value is -3.35. The Morgan fingerprint density at radius 2 is 1.81 bits per heavy atom. The van der Waals surface area contributed by atoms with Crippen LogP contribution in [0.2, 0.25) is 0 Å². The van der Waals surface area contributed by atoms with E-state index >= 15 is 0 Å². The number of likely N-dealkylation sites (tertiary alicyclic amines) is 1. The molecule has 4 rings (SSSR count). The molecule has 7 heteroatoms. The fourth-order valence-electron chi connectivity index (χ4n) is 4.38. The van der Waals surface area contributed by atoms with Crippen LogP contribution in [-0.2, 0) is 9.59 Å². The second-order valence-corrected chi connectivity index (χ2v) is 8.61. The van der Waals surface area contributed by atoms with E-state index in [-0.39, 0.29) is 35.9 Å². The summed E-state index contributed by atoms with van der Waals surface area (Å²) in [7, 11) is 0. The number of amides is 2. The highest BCUT2D eigenvalue weighted by atomic mass is 16.5. The molecule has 31 heavy (non-hydrogen) atoms. The zero-order valence-electron chi connectivity index (χ0n) is 17.6. The third-order valence-electron chi connectivity index (χ3n) is 6.31. The molecule has 1 saturated carbocycles. The highest BCUT2D eigenvalue weighted by Crippen LogP contribution is 2.59. The van der Waals surface area contributed by atoms with Crippen molar-refractivity contribution in [2.45, 2.75) is 44.9 Å². The normalized spacial score (nSPS) is 24.8. The second kappa shape index (κ2) is 8.06. The van der Waals surface area contributed by atoms with Crippen molar-refractivity contribution in [2.24, 2.45) is 5.41 Å². The topological polar surface area (TPSA) is 95.9 Å². The average molecular weight is 422 g/mol. The molecule has 162 valence electrons. The summed E-state index contributed by atoms with van der Waals surface area (Å²) in [6, 6.07) is 15.7. The number of rotatable bonds is 7. The molecule has 2 fully saturated rings. The number of nitrogens with one attached hydrogen (secondary N) is 1. The van der Waals surface area contributed by atoms with Gasteiger partial charge in [-0.15, -0.1) is 0 Å². The highest BCUT2D eigenvalue weighted by molar-refractivity contribution is 5.97. The highest BCUT2D eigenvalue weighted by Gasteiger charge is 2.64. The van der Waals surface area contributed by atoms with Crippen molar-refractivity contribution < 1.29 is 24.2 Å². The largest absolute Gasteiger partial charge is 0.486 e. The summed E-state index contributed by atoms with van der Waals surface area (Å²) >= 11 is 0. The smallest absolute Gasteiger partial charge is 0.326 e. The molecule has 1 aliphatic heterocycles. The standard InChI is InChI=1S/C24H26N2O5/c1-15(16-6-4-3-5-7-16)31-18-10-8-17(9-11-18)22(28)25-14-21(27)26-19(23(29)30)12-24(2)13-20(24)26/h3-11,15,19-20H,12-14H2,1-2H3,(H,25,28)(H,29,30)/t15?,19-,20-,24+/m0/s1. The van der Waals surface area contributed by atoms with Crippen molar-refractivity contribution in [3.8, 4) is 5.75 Å². The lowest BCUT2D eigenvalue weighted by molar-refractivity contribution is -0.149. The van der Waals surface area contributed by atoms with Gasteiger partial charge in [-0.3, -0.25) is 9.59 Å². The number of carbonyl (C=O) groups excluding carboxylic acids is 2. The molecular formula is C24H26N2O5. The maximum Gasteiger partial charge on any atom is 0.326 e. The third kappa shape index (κ3) is 4.26. The zero-order valence-corrected chi connectivity index (χ0v) is 17.6. The summed E-state index contributed by atoms with van der Waals surface area (Å²) in [5, 5.41) is 12.0. The van der Waals surface area contributed by atoms with Crippen LogP contribution < -0.4 is 10.1 Å². The van der Waals surface area contributed by atoms with Gasteiger partial charge in [-0.05, 0) is 55.0 Å². The first-order chi connectivity index (χ1) is 14.8. The lowest BCUT2D eigenvalue weighted by Crippen LogP contribution is -2.47. The van der Waals surface area contributed by atoms with Crippen molar-refractivity contribution >= 4 is 17.8 Å². The Balaban J connectivity index is 1.32. The maximum absolute atomic E-state index is 12.6. The number of hydrogen-bond acceptors (Lipinski definition) is 4. The third-order valence-corrected chi connectivity index (χ3v) is 6.31. The van der Waals surface area contributed by atoms with E-state index in [1.165, 1.54) is 4.90 Å². The molecule has 0 radical (unpaired) electrons. The lowest BCUT2D eigenvalue weighted by atomic mass is 10.0. The fourth-order valence-corrected chi connectivity index (χ4v) is 4.38. The number of ether oxygens (including phenoxy) is 1. The van der Waals surface area contributed by atoms with Crippen LogP contribution in [0, 0.1) is 5.41 Å². The van der Waals surface area contributed by atoms with Crippen molar-refractivity contribution in [3.05, 3.63) is 65.7 Å². The predicted octanol–water partition coefficient (Wildman–Crippen LogP) is 3.02. The quantitative estimate of drug-likeness (QED) is 0.715. The number of nitrogens with zero attached hydrogens (tertiary/aromatic N) is 1. The van der Waals surface area contributed by atoms with Gasteiger partial charge < -0.3 is 20.1 Å². The molecule has 0 aromatic heterocycles. The van der Waals surface area contributed by atoms with Crippen LogP contribution in [0.5, 0.6) is 5.75 Å². The Morgan fingerprint density at radius 1 is 1.13 bits per heavy atom. The van der Waals surface area contributed by atoms with Crippen LogP contribution >= 0.6 is 0 Å². The van der Waals surface area contributed by atoms with Gasteiger partial charge in [-0.25, -0.2) is 4.79 Å². The van der Waals surface area contributed by atoms with E-state index in [1.54, 1.807) is 24.3 Å². The van der Waals surface area contributed by atoms with Gasteiger partial charge in [0.05, 0.1) is 6.54 Å². The Kier molecular flexibility index (Phi) is 5.43. The van der Waals surface area contributed by atoms with E-state index in [0.717, 1.165) is 12.0 Å². The van der Waals surface area contributed by atoms with Crippen LogP contribution in [0.15, 0.2) is 54.6 Å². The van der Waals surface area contributed by atoms with Crippen molar-refractivity contribution in [1.29, 1.82) is 0 Å². The van der Waals surface area contributed by atoms with Crippen molar-refractivity contribution in [3.63, 3.8) is 0 Å². The number of aliphatic carboxylic acids is 1. The van der Waals surface area contributed by atoms with Gasteiger partial charge in [0.1, 0.15) is 17.9 Å². The number of fused-ring (bicyclic) bond motifs is 1. The van der Waals surface area contributed by atoms with E-state index < -0.39 is 12.0 Å². The van der Waals surface area contributed by atoms with Gasteiger partial charge in [-0.2, -0.15) is 0 Å². The summed E-state index contributed by atoms with van der Waals surface area (Å²) in [4.78, 5) is 38.0. The molecule has 2 aromatic carbocycles. The van der Waals surface area contributed by atoms with Crippen LogP contribution in [0.1, 0.15) is 48.7 Å². The van der Waals surface area contributed by atoms with E-state index in [9.17, 15) is 19.5 Å².